The minimum absolute atomic E-state index is 0.117. The van der Waals surface area contributed by atoms with Crippen LogP contribution in [0.3, 0.4) is 0 Å². The third-order valence-electron chi connectivity index (χ3n) is 3.37. The van der Waals surface area contributed by atoms with Crippen molar-refractivity contribution in [3.05, 3.63) is 49.3 Å². The van der Waals surface area contributed by atoms with Crippen LogP contribution in [0.5, 0.6) is 0 Å². The molecule has 1 N–H and O–H groups in total. The monoisotopic (exact) mass is 292 g/mol. The number of aromatic nitrogens is 2. The predicted molar refractivity (Wildman–Crippen MR) is 77.5 cm³/mol. The van der Waals surface area contributed by atoms with Crippen LogP contribution in [-0.4, -0.2) is 20.6 Å². The van der Waals surface area contributed by atoms with Crippen LogP contribution in [0, 0.1) is 20.8 Å². The molecular formula is C14H16N2O3S. The van der Waals surface area contributed by atoms with E-state index >= 15 is 0 Å². The lowest BCUT2D eigenvalue weighted by atomic mass is 10.1. The van der Waals surface area contributed by atoms with E-state index in [2.05, 4.69) is 4.98 Å². The van der Waals surface area contributed by atoms with Crippen LogP contribution in [-0.2, 0) is 17.8 Å². The van der Waals surface area contributed by atoms with E-state index in [4.69, 9.17) is 5.11 Å². The Morgan fingerprint density at radius 2 is 2.10 bits per heavy atom. The predicted octanol–water partition coefficient (Wildman–Crippen LogP) is 1.91. The first-order chi connectivity index (χ1) is 9.40. The van der Waals surface area contributed by atoms with Crippen LogP contribution in [0.2, 0.25) is 0 Å². The number of carbonyl (C=O) groups is 1. The zero-order valence-corrected chi connectivity index (χ0v) is 12.5. The second kappa shape index (κ2) is 5.58. The molecule has 6 heteroatoms. The van der Waals surface area contributed by atoms with Gasteiger partial charge in [0.15, 0.2) is 0 Å². The summed E-state index contributed by atoms with van der Waals surface area (Å²) in [6.07, 6.45) is -0.117. The Labute approximate surface area is 120 Å². The average molecular weight is 292 g/mol. The highest BCUT2D eigenvalue weighted by molar-refractivity contribution is 7.10. The lowest BCUT2D eigenvalue weighted by Gasteiger charge is -2.14. The van der Waals surface area contributed by atoms with Gasteiger partial charge in [-0.2, -0.15) is 4.98 Å². The quantitative estimate of drug-likeness (QED) is 0.934. The van der Waals surface area contributed by atoms with Crippen molar-refractivity contribution in [2.75, 3.05) is 0 Å². The fourth-order valence-electron chi connectivity index (χ4n) is 2.14. The van der Waals surface area contributed by atoms with Gasteiger partial charge in [0.25, 0.3) is 0 Å². The highest BCUT2D eigenvalue weighted by atomic mass is 32.1. The van der Waals surface area contributed by atoms with Gasteiger partial charge in [0, 0.05) is 21.8 Å². The summed E-state index contributed by atoms with van der Waals surface area (Å²) in [5.74, 6) is -0.921. The zero-order chi connectivity index (χ0) is 14.9. The number of hydrogen-bond acceptors (Lipinski definition) is 4. The van der Waals surface area contributed by atoms with Crippen molar-refractivity contribution < 1.29 is 9.90 Å². The molecule has 0 aliphatic heterocycles. The van der Waals surface area contributed by atoms with E-state index in [1.54, 1.807) is 29.8 Å². The number of nitrogens with zero attached hydrogens (tertiary/aromatic N) is 2. The van der Waals surface area contributed by atoms with Gasteiger partial charge in [-0.05, 0) is 37.8 Å². The Hall–Kier alpha value is -1.95. The summed E-state index contributed by atoms with van der Waals surface area (Å²) in [6.45, 7) is 5.88. The topological polar surface area (TPSA) is 72.2 Å². The molecule has 0 saturated carbocycles. The number of thiophene rings is 1. The first-order valence-electron chi connectivity index (χ1n) is 6.22. The summed E-state index contributed by atoms with van der Waals surface area (Å²) in [6, 6.07) is 2.00. The standard InChI is InChI=1S/C14H16N2O3S/c1-8-4-5-20-12(8)7-16-10(3)11(6-13(17)18)9(2)15-14(16)19/h4-5H,6-7H2,1-3H3,(H,17,18). The van der Waals surface area contributed by atoms with Crippen molar-refractivity contribution in [3.8, 4) is 0 Å². The van der Waals surface area contributed by atoms with Gasteiger partial charge >= 0.3 is 11.7 Å². The minimum Gasteiger partial charge on any atom is -0.481 e. The minimum atomic E-state index is -0.921. The molecule has 0 aromatic carbocycles. The van der Waals surface area contributed by atoms with E-state index in [1.807, 2.05) is 18.4 Å². The zero-order valence-electron chi connectivity index (χ0n) is 11.6. The number of aryl methyl sites for hydroxylation is 2. The van der Waals surface area contributed by atoms with Crippen LogP contribution >= 0.6 is 11.3 Å². The second-order valence-electron chi connectivity index (χ2n) is 4.73. The number of aliphatic carboxylic acids is 1. The molecule has 0 atom stereocenters. The smallest absolute Gasteiger partial charge is 0.348 e. The van der Waals surface area contributed by atoms with Crippen LogP contribution in [0.1, 0.15) is 27.4 Å². The molecule has 0 unspecified atom stereocenters. The molecule has 5 nitrogen and oxygen atoms in total. The molecule has 0 spiro atoms. The van der Waals surface area contributed by atoms with E-state index in [1.165, 1.54) is 0 Å². The van der Waals surface area contributed by atoms with Crippen molar-refractivity contribution >= 4 is 17.3 Å². The molecule has 2 aromatic heterocycles. The maximum Gasteiger partial charge on any atom is 0.348 e. The van der Waals surface area contributed by atoms with Crippen LogP contribution in [0.25, 0.3) is 0 Å². The first kappa shape index (κ1) is 14.5. The second-order valence-corrected chi connectivity index (χ2v) is 5.73. The largest absolute Gasteiger partial charge is 0.481 e. The Kier molecular flexibility index (Phi) is 4.04. The van der Waals surface area contributed by atoms with E-state index in [-0.39, 0.29) is 12.1 Å². The summed E-state index contributed by atoms with van der Waals surface area (Å²) in [5.41, 5.74) is 2.58. The molecule has 0 amide bonds. The molecule has 2 rings (SSSR count). The maximum atomic E-state index is 12.0. The van der Waals surface area contributed by atoms with E-state index < -0.39 is 5.97 Å². The van der Waals surface area contributed by atoms with Gasteiger partial charge in [0.2, 0.25) is 0 Å². The number of carboxylic acids is 1. The molecule has 20 heavy (non-hydrogen) atoms. The molecular weight excluding hydrogens is 276 g/mol. The van der Waals surface area contributed by atoms with Crippen molar-refractivity contribution in [3.63, 3.8) is 0 Å². The normalized spacial score (nSPS) is 10.8. The number of rotatable bonds is 4. The molecule has 0 radical (unpaired) electrons. The first-order valence-corrected chi connectivity index (χ1v) is 7.09. The van der Waals surface area contributed by atoms with Crippen molar-refractivity contribution in [1.82, 2.24) is 9.55 Å². The van der Waals surface area contributed by atoms with Crippen LogP contribution < -0.4 is 5.69 Å². The van der Waals surface area contributed by atoms with Gasteiger partial charge in [-0.15, -0.1) is 11.3 Å². The number of hydrogen-bond donors (Lipinski definition) is 1. The van der Waals surface area contributed by atoms with Gasteiger partial charge in [0.05, 0.1) is 13.0 Å². The molecule has 0 bridgehead atoms. The van der Waals surface area contributed by atoms with E-state index in [0.717, 1.165) is 10.4 Å². The molecule has 2 heterocycles. The third kappa shape index (κ3) is 2.80. The fraction of sp³-hybridized carbons (Fsp3) is 0.357. The Bertz CT molecular complexity index is 716. The molecule has 0 aliphatic carbocycles. The summed E-state index contributed by atoms with van der Waals surface area (Å²) in [4.78, 5) is 28.0. The van der Waals surface area contributed by atoms with Crippen LogP contribution in [0.15, 0.2) is 16.2 Å². The summed E-state index contributed by atoms with van der Waals surface area (Å²) in [7, 11) is 0. The Morgan fingerprint density at radius 1 is 1.40 bits per heavy atom. The Morgan fingerprint density at radius 3 is 2.65 bits per heavy atom. The van der Waals surface area contributed by atoms with Crippen molar-refractivity contribution in [1.29, 1.82) is 0 Å². The average Bonchev–Trinajstić information content (AvgIpc) is 2.75. The van der Waals surface area contributed by atoms with Gasteiger partial charge in [-0.3, -0.25) is 9.36 Å². The van der Waals surface area contributed by atoms with Gasteiger partial charge in [-0.25, -0.2) is 4.79 Å². The SMILES string of the molecule is Cc1ccsc1Cn1c(C)c(CC(=O)O)c(C)nc1=O. The van der Waals surface area contributed by atoms with Gasteiger partial charge in [0.1, 0.15) is 0 Å². The van der Waals surface area contributed by atoms with Gasteiger partial charge < -0.3 is 5.11 Å². The van der Waals surface area contributed by atoms with Crippen molar-refractivity contribution in [2.24, 2.45) is 0 Å². The maximum absolute atomic E-state index is 12.0. The summed E-state index contributed by atoms with van der Waals surface area (Å²) >= 11 is 1.58. The highest BCUT2D eigenvalue weighted by Gasteiger charge is 2.15. The molecule has 0 fully saturated rings. The van der Waals surface area contributed by atoms with E-state index in [9.17, 15) is 9.59 Å². The van der Waals surface area contributed by atoms with Crippen LogP contribution in [0.4, 0.5) is 0 Å². The van der Waals surface area contributed by atoms with Gasteiger partial charge in [-0.1, -0.05) is 0 Å². The summed E-state index contributed by atoms with van der Waals surface area (Å²) < 4.78 is 1.55. The summed E-state index contributed by atoms with van der Waals surface area (Å²) in [5, 5.41) is 10.9. The highest BCUT2D eigenvalue weighted by Crippen LogP contribution is 2.18. The molecule has 0 aliphatic rings. The molecule has 0 saturated heterocycles. The third-order valence-corrected chi connectivity index (χ3v) is 4.38. The van der Waals surface area contributed by atoms with E-state index in [0.29, 0.717) is 23.5 Å². The van der Waals surface area contributed by atoms with Crippen molar-refractivity contribution in [2.45, 2.75) is 33.7 Å². The lowest BCUT2D eigenvalue weighted by molar-refractivity contribution is -0.136. The fourth-order valence-corrected chi connectivity index (χ4v) is 3.04. The number of carboxylic acid groups (broad SMARTS) is 1. The lowest BCUT2D eigenvalue weighted by Crippen LogP contribution is -2.28. The Balaban J connectivity index is 2.50. The molecule has 106 valence electrons. The molecule has 2 aromatic rings.